The second kappa shape index (κ2) is 5.64. The van der Waals surface area contributed by atoms with Crippen molar-refractivity contribution in [3.05, 3.63) is 20.8 Å². The summed E-state index contributed by atoms with van der Waals surface area (Å²) in [5.41, 5.74) is 0.184. The minimum absolute atomic E-state index is 0.118. The maximum atomic E-state index is 10.4. The van der Waals surface area contributed by atoms with Crippen molar-refractivity contribution < 1.29 is 5.11 Å². The van der Waals surface area contributed by atoms with E-state index >= 15 is 0 Å². The topological polar surface area (TPSA) is 20.2 Å². The van der Waals surface area contributed by atoms with Gasteiger partial charge in [-0.15, -0.1) is 11.3 Å². The molecule has 0 saturated heterocycles. The summed E-state index contributed by atoms with van der Waals surface area (Å²) in [4.78, 5) is 1.41. The van der Waals surface area contributed by atoms with Gasteiger partial charge in [-0.2, -0.15) is 0 Å². The SMILES string of the molecule is CC1CCC(C(C)(C)Cc2ccc(Br)s2)C(O)C1. The van der Waals surface area contributed by atoms with Gasteiger partial charge in [0.1, 0.15) is 0 Å². The molecule has 18 heavy (non-hydrogen) atoms. The average Bonchev–Trinajstić information content (AvgIpc) is 2.62. The first-order valence-electron chi connectivity index (χ1n) is 6.81. The molecule has 0 spiro atoms. The van der Waals surface area contributed by atoms with E-state index in [9.17, 15) is 5.11 Å². The molecule has 1 nitrogen and oxygen atoms in total. The van der Waals surface area contributed by atoms with E-state index in [-0.39, 0.29) is 11.5 Å². The first-order chi connectivity index (χ1) is 8.38. The molecule has 0 amide bonds. The van der Waals surface area contributed by atoms with Crippen molar-refractivity contribution in [3.63, 3.8) is 0 Å². The molecule has 0 aliphatic heterocycles. The Bertz CT molecular complexity index is 399. The van der Waals surface area contributed by atoms with Gasteiger partial charge in [0.05, 0.1) is 9.89 Å². The van der Waals surface area contributed by atoms with E-state index in [0.29, 0.717) is 11.8 Å². The quantitative estimate of drug-likeness (QED) is 0.837. The lowest BCUT2D eigenvalue weighted by Gasteiger charge is -2.42. The molecule has 102 valence electrons. The zero-order chi connectivity index (χ0) is 13.3. The summed E-state index contributed by atoms with van der Waals surface area (Å²) in [5.74, 6) is 1.12. The lowest BCUT2D eigenvalue weighted by atomic mass is 9.66. The molecule has 1 aromatic rings. The van der Waals surface area contributed by atoms with E-state index in [1.807, 2.05) is 11.3 Å². The molecule has 1 heterocycles. The molecule has 0 radical (unpaired) electrons. The first-order valence-corrected chi connectivity index (χ1v) is 8.42. The Morgan fingerprint density at radius 2 is 2.11 bits per heavy atom. The second-order valence-electron chi connectivity index (χ2n) is 6.46. The molecule has 1 aromatic heterocycles. The van der Waals surface area contributed by atoms with Gasteiger partial charge < -0.3 is 5.11 Å². The highest BCUT2D eigenvalue weighted by molar-refractivity contribution is 9.11. The number of thiophene rings is 1. The van der Waals surface area contributed by atoms with E-state index in [1.165, 1.54) is 21.5 Å². The fourth-order valence-corrected chi connectivity index (χ4v) is 5.01. The maximum Gasteiger partial charge on any atom is 0.0701 e. The van der Waals surface area contributed by atoms with Crippen LogP contribution in [0, 0.1) is 17.3 Å². The summed E-state index contributed by atoms with van der Waals surface area (Å²) in [6.45, 7) is 6.87. The van der Waals surface area contributed by atoms with Crippen molar-refractivity contribution >= 4 is 27.3 Å². The highest BCUT2D eigenvalue weighted by Crippen LogP contribution is 2.43. The lowest BCUT2D eigenvalue weighted by Crippen LogP contribution is -2.39. The third-order valence-corrected chi connectivity index (χ3v) is 5.96. The van der Waals surface area contributed by atoms with Crippen LogP contribution in [0.3, 0.4) is 0 Å². The van der Waals surface area contributed by atoms with Gasteiger partial charge in [-0.05, 0) is 64.6 Å². The van der Waals surface area contributed by atoms with Crippen LogP contribution in [0.25, 0.3) is 0 Å². The number of hydrogen-bond acceptors (Lipinski definition) is 2. The average molecular weight is 331 g/mol. The number of aliphatic hydroxyl groups is 1. The van der Waals surface area contributed by atoms with Crippen LogP contribution < -0.4 is 0 Å². The third-order valence-electron chi connectivity index (χ3n) is 4.34. The molecule has 3 atom stereocenters. The Morgan fingerprint density at radius 3 is 2.67 bits per heavy atom. The summed E-state index contributed by atoms with van der Waals surface area (Å²) < 4.78 is 1.20. The van der Waals surface area contributed by atoms with Crippen LogP contribution in [-0.4, -0.2) is 11.2 Å². The molecule has 0 aromatic carbocycles. The van der Waals surface area contributed by atoms with Gasteiger partial charge in [-0.25, -0.2) is 0 Å². The minimum atomic E-state index is -0.118. The highest BCUT2D eigenvalue weighted by atomic mass is 79.9. The van der Waals surface area contributed by atoms with Crippen LogP contribution in [0.1, 0.15) is 44.9 Å². The van der Waals surface area contributed by atoms with Gasteiger partial charge in [0.2, 0.25) is 0 Å². The molecule has 1 N–H and O–H groups in total. The van der Waals surface area contributed by atoms with Crippen LogP contribution in [0.15, 0.2) is 15.9 Å². The molecule has 1 aliphatic rings. The molecule has 2 rings (SSSR count). The van der Waals surface area contributed by atoms with Crippen LogP contribution in [-0.2, 0) is 6.42 Å². The molecule has 1 aliphatic carbocycles. The van der Waals surface area contributed by atoms with E-state index in [4.69, 9.17) is 0 Å². The van der Waals surface area contributed by atoms with E-state index in [2.05, 4.69) is 48.8 Å². The highest BCUT2D eigenvalue weighted by Gasteiger charge is 2.38. The smallest absolute Gasteiger partial charge is 0.0701 e. The summed E-state index contributed by atoms with van der Waals surface area (Å²) >= 11 is 5.34. The third kappa shape index (κ3) is 3.37. The molecule has 1 saturated carbocycles. The van der Waals surface area contributed by atoms with Crippen molar-refractivity contribution in [1.29, 1.82) is 0 Å². The fraction of sp³-hybridized carbons (Fsp3) is 0.733. The van der Waals surface area contributed by atoms with E-state index in [1.54, 1.807) is 0 Å². The van der Waals surface area contributed by atoms with Gasteiger partial charge in [-0.3, -0.25) is 0 Å². The van der Waals surface area contributed by atoms with Crippen LogP contribution in [0.4, 0.5) is 0 Å². The fourth-order valence-electron chi connectivity index (χ4n) is 3.29. The van der Waals surface area contributed by atoms with Crippen LogP contribution in [0.2, 0.25) is 0 Å². The Labute approximate surface area is 123 Å². The number of hydrogen-bond donors (Lipinski definition) is 1. The van der Waals surface area contributed by atoms with Crippen molar-refractivity contribution in [2.45, 2.75) is 52.6 Å². The van der Waals surface area contributed by atoms with Crippen LogP contribution in [0.5, 0.6) is 0 Å². The van der Waals surface area contributed by atoms with Crippen molar-refractivity contribution in [2.24, 2.45) is 17.3 Å². The summed E-state index contributed by atoms with van der Waals surface area (Å²) in [6, 6.07) is 4.32. The summed E-state index contributed by atoms with van der Waals surface area (Å²) in [5, 5.41) is 10.4. The zero-order valence-electron chi connectivity index (χ0n) is 11.4. The van der Waals surface area contributed by atoms with Gasteiger partial charge in [0.25, 0.3) is 0 Å². The van der Waals surface area contributed by atoms with E-state index in [0.717, 1.165) is 12.8 Å². The summed E-state index contributed by atoms with van der Waals surface area (Å²) in [7, 11) is 0. The van der Waals surface area contributed by atoms with Crippen molar-refractivity contribution in [2.75, 3.05) is 0 Å². The van der Waals surface area contributed by atoms with Crippen molar-refractivity contribution in [3.8, 4) is 0 Å². The monoisotopic (exact) mass is 330 g/mol. The zero-order valence-corrected chi connectivity index (χ0v) is 13.9. The predicted octanol–water partition coefficient (Wildman–Crippen LogP) is 4.88. The minimum Gasteiger partial charge on any atom is -0.393 e. The lowest BCUT2D eigenvalue weighted by molar-refractivity contribution is -0.0122. The number of halogens is 1. The van der Waals surface area contributed by atoms with Gasteiger partial charge in [-0.1, -0.05) is 27.2 Å². The normalized spacial score (nSPS) is 29.5. The second-order valence-corrected chi connectivity index (χ2v) is 9.01. The Kier molecular flexibility index (Phi) is 4.56. The first kappa shape index (κ1) is 14.5. The molecule has 0 bridgehead atoms. The largest absolute Gasteiger partial charge is 0.393 e. The Balaban J connectivity index is 2.05. The van der Waals surface area contributed by atoms with Crippen LogP contribution >= 0.6 is 27.3 Å². The number of rotatable bonds is 3. The Hall–Kier alpha value is 0.140. The Morgan fingerprint density at radius 1 is 1.39 bits per heavy atom. The standard InChI is InChI=1S/C15H23BrOS/c1-10-4-6-12(13(17)8-10)15(2,3)9-11-5-7-14(16)18-11/h5,7,10,12-13,17H,4,6,8-9H2,1-3H3. The van der Waals surface area contributed by atoms with Gasteiger partial charge >= 0.3 is 0 Å². The van der Waals surface area contributed by atoms with Gasteiger partial charge in [0, 0.05) is 4.88 Å². The predicted molar refractivity (Wildman–Crippen MR) is 82.0 cm³/mol. The van der Waals surface area contributed by atoms with Gasteiger partial charge in [0.15, 0.2) is 0 Å². The molecular weight excluding hydrogens is 308 g/mol. The number of aliphatic hydroxyl groups excluding tert-OH is 1. The molecular formula is C15H23BrOS. The maximum absolute atomic E-state index is 10.4. The summed E-state index contributed by atoms with van der Waals surface area (Å²) in [6.07, 6.45) is 4.36. The molecule has 1 fully saturated rings. The van der Waals surface area contributed by atoms with Crippen molar-refractivity contribution in [1.82, 2.24) is 0 Å². The molecule has 3 unspecified atom stereocenters. The molecule has 3 heteroatoms. The van der Waals surface area contributed by atoms with E-state index < -0.39 is 0 Å².